The molecule has 92 valence electrons. The van der Waals surface area contributed by atoms with Crippen LogP contribution in [0.2, 0.25) is 0 Å². The van der Waals surface area contributed by atoms with Crippen molar-refractivity contribution in [2.24, 2.45) is 4.99 Å². The number of hydrogen-bond donors (Lipinski definition) is 1. The minimum absolute atomic E-state index is 0.465. The van der Waals surface area contributed by atoms with Gasteiger partial charge in [-0.25, -0.2) is 0 Å². The molecule has 0 heterocycles. The van der Waals surface area contributed by atoms with Gasteiger partial charge in [-0.05, 0) is 24.3 Å². The lowest BCUT2D eigenvalue weighted by Crippen LogP contribution is -1.91. The van der Waals surface area contributed by atoms with Gasteiger partial charge < -0.3 is 5.32 Å². The van der Waals surface area contributed by atoms with Crippen LogP contribution in [0.1, 0.15) is 0 Å². The summed E-state index contributed by atoms with van der Waals surface area (Å²) in [5.74, 6) is 0. The van der Waals surface area contributed by atoms with E-state index in [0.717, 1.165) is 11.4 Å². The number of benzene rings is 2. The molecule has 0 saturated carbocycles. The van der Waals surface area contributed by atoms with Crippen molar-refractivity contribution in [2.45, 2.75) is 0 Å². The number of hydrogen-bond acceptors (Lipinski definition) is 3. The maximum absolute atomic E-state index is 9.03. The molecule has 0 atom stereocenters. The number of nitrogens with zero attached hydrogens (tertiary/aromatic N) is 2. The van der Waals surface area contributed by atoms with E-state index in [4.69, 9.17) is 5.26 Å². The predicted molar refractivity (Wildman–Crippen MR) is 78.4 cm³/mol. The Hall–Kier alpha value is -2.86. The zero-order valence-electron chi connectivity index (χ0n) is 10.3. The molecule has 0 aliphatic heterocycles. The summed E-state index contributed by atoms with van der Waals surface area (Å²) in [6.45, 7) is 0. The zero-order valence-corrected chi connectivity index (χ0v) is 10.3. The van der Waals surface area contributed by atoms with Gasteiger partial charge in [0.25, 0.3) is 0 Å². The molecule has 0 radical (unpaired) electrons. The zero-order chi connectivity index (χ0) is 13.3. The SMILES string of the molecule is N#C/C(C=Nc1ccccc1)=C\Nc1ccccc1. The van der Waals surface area contributed by atoms with Crippen molar-refractivity contribution in [3.05, 3.63) is 72.4 Å². The minimum atomic E-state index is 0.465. The van der Waals surface area contributed by atoms with Crippen molar-refractivity contribution in [3.8, 4) is 6.07 Å². The molecule has 0 fully saturated rings. The summed E-state index contributed by atoms with van der Waals surface area (Å²) in [6.07, 6.45) is 3.19. The van der Waals surface area contributed by atoms with E-state index in [1.807, 2.05) is 60.7 Å². The summed E-state index contributed by atoms with van der Waals surface area (Å²) in [6, 6.07) is 21.3. The van der Waals surface area contributed by atoms with Gasteiger partial charge in [0.1, 0.15) is 6.07 Å². The second kappa shape index (κ2) is 6.77. The van der Waals surface area contributed by atoms with Gasteiger partial charge in [-0.1, -0.05) is 36.4 Å². The van der Waals surface area contributed by atoms with E-state index in [0.29, 0.717) is 5.57 Å². The summed E-state index contributed by atoms with van der Waals surface area (Å²) < 4.78 is 0. The Balaban J connectivity index is 2.05. The van der Waals surface area contributed by atoms with Gasteiger partial charge in [0.05, 0.1) is 11.3 Å². The van der Waals surface area contributed by atoms with Gasteiger partial charge in [-0.3, -0.25) is 4.99 Å². The Labute approximate surface area is 112 Å². The van der Waals surface area contributed by atoms with E-state index in [-0.39, 0.29) is 0 Å². The lowest BCUT2D eigenvalue weighted by Gasteiger charge is -1.99. The highest BCUT2D eigenvalue weighted by atomic mass is 14.8. The molecular formula is C16H13N3. The van der Waals surface area contributed by atoms with Crippen molar-refractivity contribution >= 4 is 17.6 Å². The summed E-state index contributed by atoms with van der Waals surface area (Å²) in [7, 11) is 0. The Kier molecular flexibility index (Phi) is 4.49. The summed E-state index contributed by atoms with van der Waals surface area (Å²) >= 11 is 0. The number of anilines is 1. The molecule has 0 bridgehead atoms. The van der Waals surface area contributed by atoms with Crippen LogP contribution in [0.5, 0.6) is 0 Å². The summed E-state index contributed by atoms with van der Waals surface area (Å²) in [5, 5.41) is 12.1. The highest BCUT2D eigenvalue weighted by molar-refractivity contribution is 5.86. The average molecular weight is 247 g/mol. The maximum atomic E-state index is 9.03. The number of allylic oxidation sites excluding steroid dienone is 1. The van der Waals surface area contributed by atoms with E-state index >= 15 is 0 Å². The summed E-state index contributed by atoms with van der Waals surface area (Å²) in [5.41, 5.74) is 2.22. The third-order valence-corrected chi connectivity index (χ3v) is 2.41. The van der Waals surface area contributed by atoms with Gasteiger partial charge in [-0.2, -0.15) is 5.26 Å². The van der Waals surface area contributed by atoms with Gasteiger partial charge >= 0.3 is 0 Å². The first-order chi connectivity index (χ1) is 9.38. The Bertz CT molecular complexity index is 607. The third-order valence-electron chi connectivity index (χ3n) is 2.41. The Morgan fingerprint density at radius 2 is 1.63 bits per heavy atom. The van der Waals surface area contributed by atoms with E-state index in [1.165, 1.54) is 0 Å². The number of para-hydroxylation sites is 2. The first-order valence-corrected chi connectivity index (χ1v) is 5.89. The molecule has 0 spiro atoms. The van der Waals surface area contributed by atoms with Crippen LogP contribution in [-0.2, 0) is 0 Å². The van der Waals surface area contributed by atoms with Crippen molar-refractivity contribution in [1.82, 2.24) is 0 Å². The van der Waals surface area contributed by atoms with Crippen LogP contribution < -0.4 is 5.32 Å². The van der Waals surface area contributed by atoms with Gasteiger partial charge in [-0.15, -0.1) is 0 Å². The number of rotatable bonds is 4. The monoisotopic (exact) mass is 247 g/mol. The first-order valence-electron chi connectivity index (χ1n) is 5.89. The van der Waals surface area contributed by atoms with Crippen LogP contribution in [-0.4, -0.2) is 6.21 Å². The highest BCUT2D eigenvalue weighted by Crippen LogP contribution is 2.10. The van der Waals surface area contributed by atoms with E-state index < -0.39 is 0 Å². The molecule has 3 heteroatoms. The fourth-order valence-electron chi connectivity index (χ4n) is 1.45. The molecule has 3 nitrogen and oxygen atoms in total. The lowest BCUT2D eigenvalue weighted by atomic mass is 10.3. The molecule has 0 aliphatic rings. The molecule has 0 saturated heterocycles. The first kappa shape index (κ1) is 12.6. The molecule has 0 unspecified atom stereocenters. The quantitative estimate of drug-likeness (QED) is 0.657. The highest BCUT2D eigenvalue weighted by Gasteiger charge is 1.91. The van der Waals surface area contributed by atoms with E-state index in [2.05, 4.69) is 16.4 Å². The van der Waals surface area contributed by atoms with Gasteiger partial charge in [0, 0.05) is 18.1 Å². The van der Waals surface area contributed by atoms with Crippen LogP contribution in [0, 0.1) is 11.3 Å². The van der Waals surface area contributed by atoms with E-state index in [1.54, 1.807) is 12.4 Å². The minimum Gasteiger partial charge on any atom is -0.360 e. The van der Waals surface area contributed by atoms with Crippen molar-refractivity contribution in [2.75, 3.05) is 5.32 Å². The van der Waals surface area contributed by atoms with Crippen LogP contribution >= 0.6 is 0 Å². The van der Waals surface area contributed by atoms with Crippen molar-refractivity contribution < 1.29 is 0 Å². The maximum Gasteiger partial charge on any atom is 0.102 e. The third kappa shape index (κ3) is 4.14. The van der Waals surface area contributed by atoms with Crippen LogP contribution in [0.4, 0.5) is 11.4 Å². The second-order valence-electron chi connectivity index (χ2n) is 3.82. The normalized spacial score (nSPS) is 11.2. The molecule has 19 heavy (non-hydrogen) atoms. The molecular weight excluding hydrogens is 234 g/mol. The molecule has 0 amide bonds. The fraction of sp³-hybridized carbons (Fsp3) is 0. The number of nitriles is 1. The lowest BCUT2D eigenvalue weighted by molar-refractivity contribution is 1.48. The topological polar surface area (TPSA) is 48.2 Å². The fourth-order valence-corrected chi connectivity index (χ4v) is 1.45. The van der Waals surface area contributed by atoms with Crippen LogP contribution in [0.25, 0.3) is 0 Å². The molecule has 2 aromatic rings. The summed E-state index contributed by atoms with van der Waals surface area (Å²) in [4.78, 5) is 4.23. The smallest absolute Gasteiger partial charge is 0.102 e. The number of aliphatic imine (C=N–C) groups is 1. The van der Waals surface area contributed by atoms with Crippen LogP contribution in [0.15, 0.2) is 77.4 Å². The van der Waals surface area contributed by atoms with Crippen molar-refractivity contribution in [1.29, 1.82) is 5.26 Å². The molecule has 2 aromatic carbocycles. The van der Waals surface area contributed by atoms with Gasteiger partial charge in [0.15, 0.2) is 0 Å². The molecule has 0 aliphatic carbocycles. The average Bonchev–Trinajstić information content (AvgIpc) is 2.49. The molecule has 0 aromatic heterocycles. The van der Waals surface area contributed by atoms with Crippen molar-refractivity contribution in [3.63, 3.8) is 0 Å². The van der Waals surface area contributed by atoms with Crippen LogP contribution in [0.3, 0.4) is 0 Å². The second-order valence-corrected chi connectivity index (χ2v) is 3.82. The Morgan fingerprint density at radius 1 is 1.00 bits per heavy atom. The predicted octanol–water partition coefficient (Wildman–Crippen LogP) is 3.91. The van der Waals surface area contributed by atoms with Gasteiger partial charge in [0.2, 0.25) is 0 Å². The van der Waals surface area contributed by atoms with E-state index in [9.17, 15) is 0 Å². The standard InChI is InChI=1S/C16H13N3/c17-11-14(12-18-15-7-3-1-4-8-15)13-19-16-9-5-2-6-10-16/h1-10,12-13,18H/b14-12+,19-13?. The largest absolute Gasteiger partial charge is 0.360 e. The number of nitrogens with one attached hydrogen (secondary N) is 1. The Morgan fingerprint density at radius 3 is 2.26 bits per heavy atom. The molecule has 1 N–H and O–H groups in total. The molecule has 2 rings (SSSR count).